The van der Waals surface area contributed by atoms with Crippen molar-refractivity contribution in [1.82, 2.24) is 10.2 Å². The van der Waals surface area contributed by atoms with Gasteiger partial charge in [0.2, 0.25) is 0 Å². The van der Waals surface area contributed by atoms with E-state index in [2.05, 4.69) is 17.1 Å². The molecule has 0 spiro atoms. The maximum absolute atomic E-state index is 12.1. The minimum atomic E-state index is -0.346. The number of hydrogen-bond donors (Lipinski definition) is 1. The molecule has 0 aliphatic carbocycles. The molecule has 2 unspecified atom stereocenters. The topological polar surface area (TPSA) is 60.0 Å². The second-order valence-electron chi connectivity index (χ2n) is 5.42. The summed E-state index contributed by atoms with van der Waals surface area (Å²) in [5, 5.41) is 3.27. The Morgan fingerprint density at radius 2 is 1.86 bits per heavy atom. The summed E-state index contributed by atoms with van der Waals surface area (Å²) in [4.78, 5) is 14.3. The Morgan fingerprint density at radius 1 is 1.19 bits per heavy atom. The highest BCUT2D eigenvalue weighted by molar-refractivity contribution is 5.76. The molecule has 1 N–H and O–H groups in total. The highest BCUT2D eigenvalue weighted by Crippen LogP contribution is 2.04. The Bertz CT molecular complexity index is 274. The average molecular weight is 304 g/mol. The molecule has 0 bridgehead atoms. The Labute approximate surface area is 129 Å². The number of carbonyl (C=O) groups is 1. The third-order valence-electron chi connectivity index (χ3n) is 3.14. The van der Waals surface area contributed by atoms with Gasteiger partial charge in [-0.15, -0.1) is 0 Å². The molecule has 126 valence electrons. The van der Waals surface area contributed by atoms with Gasteiger partial charge in [0.1, 0.15) is 6.04 Å². The standard InChI is InChI=1S/C15H32N2O4/c1-7-21-15(18)14(16-12(2)3)10-17(8-9-19-5)13(4)11-20-6/h12-14,16H,7-11H2,1-6H3. The zero-order valence-electron chi connectivity index (χ0n) is 14.3. The first-order valence-electron chi connectivity index (χ1n) is 7.60. The molecular weight excluding hydrogens is 272 g/mol. The van der Waals surface area contributed by atoms with Crippen LogP contribution >= 0.6 is 0 Å². The van der Waals surface area contributed by atoms with E-state index in [1.54, 1.807) is 14.2 Å². The van der Waals surface area contributed by atoms with Crippen molar-refractivity contribution in [3.63, 3.8) is 0 Å². The van der Waals surface area contributed by atoms with Gasteiger partial charge in [-0.05, 0) is 13.8 Å². The molecule has 0 amide bonds. The summed E-state index contributed by atoms with van der Waals surface area (Å²) < 4.78 is 15.5. The lowest BCUT2D eigenvalue weighted by atomic mass is 10.2. The first-order valence-corrected chi connectivity index (χ1v) is 7.60. The van der Waals surface area contributed by atoms with Crippen molar-refractivity contribution in [2.75, 3.05) is 47.1 Å². The van der Waals surface area contributed by atoms with Crippen molar-refractivity contribution in [1.29, 1.82) is 0 Å². The van der Waals surface area contributed by atoms with E-state index in [-0.39, 0.29) is 24.1 Å². The Hall–Kier alpha value is -0.690. The Kier molecular flexibility index (Phi) is 11.5. The van der Waals surface area contributed by atoms with Crippen molar-refractivity contribution >= 4 is 5.97 Å². The smallest absolute Gasteiger partial charge is 0.324 e. The van der Waals surface area contributed by atoms with Gasteiger partial charge >= 0.3 is 5.97 Å². The highest BCUT2D eigenvalue weighted by atomic mass is 16.5. The molecular formula is C15H32N2O4. The van der Waals surface area contributed by atoms with Gasteiger partial charge in [-0.2, -0.15) is 0 Å². The molecule has 0 aliphatic heterocycles. The second kappa shape index (κ2) is 11.9. The fourth-order valence-corrected chi connectivity index (χ4v) is 2.12. The van der Waals surface area contributed by atoms with Crippen molar-refractivity contribution in [3.05, 3.63) is 0 Å². The van der Waals surface area contributed by atoms with Gasteiger partial charge in [-0.3, -0.25) is 9.69 Å². The molecule has 0 aromatic carbocycles. The minimum absolute atomic E-state index is 0.205. The van der Waals surface area contributed by atoms with Crippen molar-refractivity contribution in [2.24, 2.45) is 0 Å². The van der Waals surface area contributed by atoms with Crippen LogP contribution < -0.4 is 5.32 Å². The van der Waals surface area contributed by atoms with Crippen LogP contribution in [0.3, 0.4) is 0 Å². The molecule has 6 heteroatoms. The predicted octanol–water partition coefficient (Wildman–Crippen LogP) is 0.899. The third-order valence-corrected chi connectivity index (χ3v) is 3.14. The lowest BCUT2D eigenvalue weighted by molar-refractivity contribution is -0.146. The number of esters is 1. The van der Waals surface area contributed by atoms with Crippen molar-refractivity contribution in [2.45, 2.75) is 45.8 Å². The van der Waals surface area contributed by atoms with E-state index in [4.69, 9.17) is 14.2 Å². The maximum Gasteiger partial charge on any atom is 0.324 e. The van der Waals surface area contributed by atoms with Crippen LogP contribution in [0.4, 0.5) is 0 Å². The first-order chi connectivity index (χ1) is 9.96. The van der Waals surface area contributed by atoms with Gasteiger partial charge < -0.3 is 19.5 Å². The fraction of sp³-hybridized carbons (Fsp3) is 0.933. The number of ether oxygens (including phenoxy) is 3. The van der Waals surface area contributed by atoms with E-state index in [9.17, 15) is 4.79 Å². The fourth-order valence-electron chi connectivity index (χ4n) is 2.12. The Balaban J connectivity index is 4.78. The molecule has 0 fully saturated rings. The molecule has 0 rings (SSSR count). The van der Waals surface area contributed by atoms with Crippen LogP contribution in [0.2, 0.25) is 0 Å². The molecule has 6 nitrogen and oxygen atoms in total. The van der Waals surface area contributed by atoms with Gasteiger partial charge in [0, 0.05) is 39.4 Å². The van der Waals surface area contributed by atoms with Gasteiger partial charge in [-0.25, -0.2) is 0 Å². The number of methoxy groups -OCH3 is 2. The van der Waals surface area contributed by atoms with Crippen LogP contribution in [0, 0.1) is 0 Å². The SMILES string of the molecule is CCOC(=O)C(CN(CCOC)C(C)COC)NC(C)C. The molecule has 0 heterocycles. The molecule has 0 radical (unpaired) electrons. The first kappa shape index (κ1) is 20.3. The Morgan fingerprint density at radius 3 is 2.33 bits per heavy atom. The molecule has 0 saturated heterocycles. The maximum atomic E-state index is 12.1. The zero-order chi connectivity index (χ0) is 16.3. The summed E-state index contributed by atoms with van der Waals surface area (Å²) in [6, 6.07) is 0.0681. The number of nitrogens with one attached hydrogen (secondary N) is 1. The van der Waals surface area contributed by atoms with Crippen LogP contribution in [0.25, 0.3) is 0 Å². The summed E-state index contributed by atoms with van der Waals surface area (Å²) in [7, 11) is 3.36. The van der Waals surface area contributed by atoms with E-state index in [0.717, 1.165) is 6.54 Å². The zero-order valence-corrected chi connectivity index (χ0v) is 14.3. The van der Waals surface area contributed by atoms with Crippen LogP contribution in [-0.4, -0.2) is 76.1 Å². The summed E-state index contributed by atoms with van der Waals surface area (Å²) in [6.45, 7) is 10.9. The van der Waals surface area contributed by atoms with E-state index >= 15 is 0 Å². The lowest BCUT2D eigenvalue weighted by Gasteiger charge is -2.32. The van der Waals surface area contributed by atoms with Crippen LogP contribution in [-0.2, 0) is 19.0 Å². The summed E-state index contributed by atoms with van der Waals surface area (Å²) in [5.41, 5.74) is 0. The normalized spacial score (nSPS) is 14.5. The number of nitrogens with zero attached hydrogens (tertiary/aromatic N) is 1. The summed E-state index contributed by atoms with van der Waals surface area (Å²) >= 11 is 0. The van der Waals surface area contributed by atoms with Crippen molar-refractivity contribution in [3.8, 4) is 0 Å². The van der Waals surface area contributed by atoms with E-state index in [0.29, 0.717) is 26.4 Å². The monoisotopic (exact) mass is 304 g/mol. The minimum Gasteiger partial charge on any atom is -0.465 e. The largest absolute Gasteiger partial charge is 0.465 e. The van der Waals surface area contributed by atoms with Gasteiger partial charge in [0.25, 0.3) is 0 Å². The van der Waals surface area contributed by atoms with Gasteiger partial charge in [0.15, 0.2) is 0 Å². The third kappa shape index (κ3) is 9.03. The van der Waals surface area contributed by atoms with Crippen LogP contribution in [0.1, 0.15) is 27.7 Å². The average Bonchev–Trinajstić information content (AvgIpc) is 2.42. The summed E-state index contributed by atoms with van der Waals surface area (Å²) in [5.74, 6) is -0.210. The van der Waals surface area contributed by atoms with Gasteiger partial charge in [0.05, 0.1) is 19.8 Å². The number of rotatable bonds is 12. The van der Waals surface area contributed by atoms with Crippen LogP contribution in [0.5, 0.6) is 0 Å². The van der Waals surface area contributed by atoms with Gasteiger partial charge in [-0.1, -0.05) is 13.8 Å². The molecule has 21 heavy (non-hydrogen) atoms. The molecule has 0 aliphatic rings. The molecule has 2 atom stereocenters. The molecule has 0 aromatic rings. The van der Waals surface area contributed by atoms with Crippen molar-refractivity contribution < 1.29 is 19.0 Å². The summed E-state index contributed by atoms with van der Waals surface area (Å²) in [6.07, 6.45) is 0. The van der Waals surface area contributed by atoms with E-state index in [1.807, 2.05) is 20.8 Å². The number of carbonyl (C=O) groups excluding carboxylic acids is 1. The molecule has 0 saturated carbocycles. The quantitative estimate of drug-likeness (QED) is 0.541. The lowest BCUT2D eigenvalue weighted by Crippen LogP contribution is -2.52. The second-order valence-corrected chi connectivity index (χ2v) is 5.42. The number of hydrogen-bond acceptors (Lipinski definition) is 6. The van der Waals surface area contributed by atoms with E-state index in [1.165, 1.54) is 0 Å². The molecule has 0 aromatic heterocycles. The van der Waals surface area contributed by atoms with E-state index < -0.39 is 0 Å². The predicted molar refractivity (Wildman–Crippen MR) is 83.5 cm³/mol. The van der Waals surface area contributed by atoms with Crippen LogP contribution in [0.15, 0.2) is 0 Å². The highest BCUT2D eigenvalue weighted by Gasteiger charge is 2.25.